The van der Waals surface area contributed by atoms with Crippen molar-refractivity contribution in [1.82, 2.24) is 5.32 Å². The van der Waals surface area contributed by atoms with E-state index in [1.165, 1.54) is 263 Å². The number of phosphoric ester groups is 1. The summed E-state index contributed by atoms with van der Waals surface area (Å²) < 4.78 is 23.4. The fourth-order valence-electron chi connectivity index (χ4n) is 9.70. The first-order valence-corrected chi connectivity index (χ1v) is 33.2. The molecule has 2 N–H and O–H groups in total. The number of unbranched alkanes of at least 4 members (excludes halogenated alkanes) is 44. The van der Waals surface area contributed by atoms with Gasteiger partial charge in [-0.1, -0.05) is 308 Å². The van der Waals surface area contributed by atoms with Crippen LogP contribution in [0.1, 0.15) is 322 Å². The standard InChI is InChI=1S/C63H125N2O6P/c1-6-8-10-12-14-16-18-20-22-24-26-28-29-30-31-32-33-34-35-36-37-39-41-43-45-47-49-51-53-55-57-63(67)64-61(60-71-72(68,69)70-59-58-65(3,4)5)62(66)56-54-52-50-48-46-44-42-40-38-27-25-23-21-19-17-15-13-11-9-7-2/h46,48,54,56,61-62,66H,6-45,47,49-53,55,57-60H2,1-5H3,(H-,64,67,68,69)/b48-46+,56-54+. The Morgan fingerprint density at radius 1 is 0.472 bits per heavy atom. The average Bonchev–Trinajstić information content (AvgIpc) is 3.34. The van der Waals surface area contributed by atoms with Crippen LogP contribution in [0.2, 0.25) is 0 Å². The second kappa shape index (κ2) is 54.8. The molecule has 0 rings (SSSR count). The molecule has 0 aromatic heterocycles. The molecule has 428 valence electrons. The second-order valence-electron chi connectivity index (χ2n) is 23.1. The van der Waals surface area contributed by atoms with Crippen molar-refractivity contribution in [1.29, 1.82) is 0 Å². The van der Waals surface area contributed by atoms with Gasteiger partial charge in [0, 0.05) is 6.42 Å². The molecule has 0 saturated carbocycles. The number of nitrogens with zero attached hydrogens (tertiary/aromatic N) is 1. The van der Waals surface area contributed by atoms with Gasteiger partial charge < -0.3 is 28.8 Å². The van der Waals surface area contributed by atoms with Gasteiger partial charge in [0.2, 0.25) is 5.91 Å². The monoisotopic (exact) mass is 1040 g/mol. The van der Waals surface area contributed by atoms with Crippen LogP contribution >= 0.6 is 7.82 Å². The van der Waals surface area contributed by atoms with E-state index < -0.39 is 20.0 Å². The minimum Gasteiger partial charge on any atom is -0.756 e. The van der Waals surface area contributed by atoms with E-state index in [4.69, 9.17) is 9.05 Å². The molecule has 0 aliphatic rings. The Bertz CT molecular complexity index is 1220. The highest BCUT2D eigenvalue weighted by molar-refractivity contribution is 7.45. The maximum atomic E-state index is 13.0. The molecule has 0 spiro atoms. The number of aliphatic hydroxyl groups excluding tert-OH is 1. The van der Waals surface area contributed by atoms with E-state index in [1.807, 2.05) is 27.2 Å². The minimum atomic E-state index is -4.60. The van der Waals surface area contributed by atoms with Gasteiger partial charge in [0.1, 0.15) is 13.2 Å². The van der Waals surface area contributed by atoms with Gasteiger partial charge in [-0.15, -0.1) is 0 Å². The molecular weight excluding hydrogens is 912 g/mol. The van der Waals surface area contributed by atoms with Crippen LogP contribution in [-0.4, -0.2) is 68.5 Å². The number of nitrogens with one attached hydrogen (secondary N) is 1. The minimum absolute atomic E-state index is 0.00361. The third kappa shape index (κ3) is 56.7. The van der Waals surface area contributed by atoms with Crippen LogP contribution in [0.3, 0.4) is 0 Å². The van der Waals surface area contributed by atoms with E-state index in [9.17, 15) is 19.4 Å². The molecular formula is C63H125N2O6P. The van der Waals surface area contributed by atoms with Crippen molar-refractivity contribution in [2.75, 3.05) is 40.9 Å². The van der Waals surface area contributed by atoms with Crippen molar-refractivity contribution in [3.63, 3.8) is 0 Å². The number of rotatable bonds is 59. The fourth-order valence-corrected chi connectivity index (χ4v) is 10.4. The highest BCUT2D eigenvalue weighted by Crippen LogP contribution is 2.38. The molecule has 0 heterocycles. The van der Waals surface area contributed by atoms with E-state index in [0.717, 1.165) is 38.5 Å². The van der Waals surface area contributed by atoms with Crippen LogP contribution in [0.15, 0.2) is 24.3 Å². The third-order valence-electron chi connectivity index (χ3n) is 14.7. The van der Waals surface area contributed by atoms with Crippen LogP contribution in [0.4, 0.5) is 0 Å². The second-order valence-corrected chi connectivity index (χ2v) is 24.5. The molecule has 0 aromatic rings. The highest BCUT2D eigenvalue weighted by atomic mass is 31.2. The molecule has 0 radical (unpaired) electrons. The fraction of sp³-hybridized carbons (Fsp3) is 0.921. The maximum absolute atomic E-state index is 13.0. The summed E-state index contributed by atoms with van der Waals surface area (Å²) in [4.78, 5) is 25.5. The largest absolute Gasteiger partial charge is 0.756 e. The Balaban J connectivity index is 4.09. The summed E-state index contributed by atoms with van der Waals surface area (Å²) in [6, 6.07) is -0.901. The number of hydrogen-bond donors (Lipinski definition) is 2. The summed E-state index contributed by atoms with van der Waals surface area (Å²) in [5.41, 5.74) is 0. The normalized spacial score (nSPS) is 13.9. The van der Waals surface area contributed by atoms with Crippen molar-refractivity contribution >= 4 is 13.7 Å². The summed E-state index contributed by atoms with van der Waals surface area (Å²) in [5, 5.41) is 13.9. The zero-order valence-corrected chi connectivity index (χ0v) is 49.8. The number of hydrogen-bond acceptors (Lipinski definition) is 6. The number of carbonyl (C=O) groups is 1. The number of quaternary nitrogens is 1. The molecule has 3 unspecified atom stereocenters. The van der Waals surface area contributed by atoms with Crippen LogP contribution < -0.4 is 10.2 Å². The molecule has 0 aliphatic carbocycles. The van der Waals surface area contributed by atoms with Gasteiger partial charge >= 0.3 is 0 Å². The van der Waals surface area contributed by atoms with Crippen molar-refractivity contribution in [2.45, 2.75) is 334 Å². The maximum Gasteiger partial charge on any atom is 0.268 e. The molecule has 9 heteroatoms. The molecule has 0 fully saturated rings. The Morgan fingerprint density at radius 3 is 1.12 bits per heavy atom. The lowest BCUT2D eigenvalue weighted by atomic mass is 10.0. The van der Waals surface area contributed by atoms with Crippen LogP contribution in [0.25, 0.3) is 0 Å². The van der Waals surface area contributed by atoms with Gasteiger partial charge in [0.05, 0.1) is 39.9 Å². The smallest absolute Gasteiger partial charge is 0.268 e. The lowest BCUT2D eigenvalue weighted by Crippen LogP contribution is -2.45. The first kappa shape index (κ1) is 71.0. The SMILES string of the molecule is CCCCCCCCCCCCCCCC/C=C/CC/C=C/C(O)C(COP(=O)([O-])OCC[N+](C)(C)C)NC(=O)CCCCCCCCCCCCCCCCCCCCCCCCCCCCCCCC. The molecule has 0 bridgehead atoms. The average molecular weight is 1040 g/mol. The van der Waals surface area contributed by atoms with E-state index in [2.05, 4.69) is 31.3 Å². The zero-order valence-electron chi connectivity index (χ0n) is 48.9. The number of amides is 1. The van der Waals surface area contributed by atoms with E-state index in [1.54, 1.807) is 6.08 Å². The summed E-state index contributed by atoms with van der Waals surface area (Å²) in [5.74, 6) is -0.200. The molecule has 1 amide bonds. The summed E-state index contributed by atoms with van der Waals surface area (Å²) >= 11 is 0. The lowest BCUT2D eigenvalue weighted by Gasteiger charge is -2.29. The van der Waals surface area contributed by atoms with Crippen LogP contribution in [-0.2, 0) is 18.4 Å². The van der Waals surface area contributed by atoms with E-state index in [-0.39, 0.29) is 19.1 Å². The van der Waals surface area contributed by atoms with Crippen molar-refractivity contribution in [3.05, 3.63) is 24.3 Å². The number of carbonyl (C=O) groups excluding carboxylic acids is 1. The highest BCUT2D eigenvalue weighted by Gasteiger charge is 2.23. The number of aliphatic hydroxyl groups is 1. The molecule has 72 heavy (non-hydrogen) atoms. The van der Waals surface area contributed by atoms with Gasteiger partial charge in [0.25, 0.3) is 7.82 Å². The zero-order chi connectivity index (χ0) is 52.7. The van der Waals surface area contributed by atoms with Crippen LogP contribution in [0.5, 0.6) is 0 Å². The first-order chi connectivity index (χ1) is 35.0. The molecule has 0 aliphatic heterocycles. The Morgan fingerprint density at radius 2 is 0.778 bits per heavy atom. The Kier molecular flexibility index (Phi) is 54.0. The van der Waals surface area contributed by atoms with Gasteiger partial charge in [-0.3, -0.25) is 9.36 Å². The first-order valence-electron chi connectivity index (χ1n) is 31.7. The predicted molar refractivity (Wildman–Crippen MR) is 312 cm³/mol. The predicted octanol–water partition coefficient (Wildman–Crippen LogP) is 18.9. The van der Waals surface area contributed by atoms with E-state index >= 15 is 0 Å². The number of allylic oxidation sites excluding steroid dienone is 3. The van der Waals surface area contributed by atoms with Gasteiger partial charge in [-0.25, -0.2) is 0 Å². The molecule has 8 nitrogen and oxygen atoms in total. The topological polar surface area (TPSA) is 108 Å². The third-order valence-corrected chi connectivity index (χ3v) is 15.6. The van der Waals surface area contributed by atoms with E-state index in [0.29, 0.717) is 17.4 Å². The Labute approximate surface area is 449 Å². The number of phosphoric acid groups is 1. The summed E-state index contributed by atoms with van der Waals surface area (Å²) in [7, 11) is 1.26. The summed E-state index contributed by atoms with van der Waals surface area (Å²) in [6.45, 7) is 4.68. The molecule has 3 atom stereocenters. The van der Waals surface area contributed by atoms with Crippen molar-refractivity contribution < 1.29 is 32.9 Å². The van der Waals surface area contributed by atoms with Crippen LogP contribution in [0, 0.1) is 0 Å². The lowest BCUT2D eigenvalue weighted by molar-refractivity contribution is -0.870. The van der Waals surface area contributed by atoms with Gasteiger partial charge in [-0.05, 0) is 32.1 Å². The molecule has 0 saturated heterocycles. The van der Waals surface area contributed by atoms with Crippen molar-refractivity contribution in [2.24, 2.45) is 0 Å². The van der Waals surface area contributed by atoms with Gasteiger partial charge in [-0.2, -0.15) is 0 Å². The summed E-state index contributed by atoms with van der Waals surface area (Å²) in [6.07, 6.45) is 70.0. The quantitative estimate of drug-likeness (QED) is 0.0272. The van der Waals surface area contributed by atoms with Crippen molar-refractivity contribution in [3.8, 4) is 0 Å². The molecule has 0 aromatic carbocycles. The number of likely N-dealkylation sites (N-methyl/N-ethyl adjacent to an activating group) is 1. The Hall–Kier alpha value is -1.02. The van der Waals surface area contributed by atoms with Gasteiger partial charge in [0.15, 0.2) is 0 Å².